The molecule has 0 saturated carbocycles. The molecule has 98 valence electrons. The molecule has 0 unspecified atom stereocenters. The monoisotopic (exact) mass is 253 g/mol. The molecular weight excluding hydrogens is 234 g/mol. The summed E-state index contributed by atoms with van der Waals surface area (Å²) in [5.41, 5.74) is 2.83. The van der Waals surface area contributed by atoms with E-state index < -0.39 is 0 Å². The molecule has 0 spiro atoms. The van der Waals surface area contributed by atoms with Gasteiger partial charge in [-0.25, -0.2) is 4.98 Å². The van der Waals surface area contributed by atoms with E-state index in [4.69, 9.17) is 0 Å². The van der Waals surface area contributed by atoms with Gasteiger partial charge in [-0.3, -0.25) is 4.90 Å². The molecule has 0 radical (unpaired) electrons. The van der Waals surface area contributed by atoms with Gasteiger partial charge in [0.25, 0.3) is 0 Å². The molecular formula is C16H19N3. The number of aromatic nitrogens is 2. The van der Waals surface area contributed by atoms with Crippen molar-refractivity contribution < 1.29 is 0 Å². The van der Waals surface area contributed by atoms with Crippen molar-refractivity contribution >= 4 is 5.57 Å². The molecule has 19 heavy (non-hydrogen) atoms. The number of hydrogen-bond donors (Lipinski definition) is 0. The highest BCUT2D eigenvalue weighted by atomic mass is 15.2. The van der Waals surface area contributed by atoms with E-state index in [9.17, 15) is 0 Å². The molecule has 2 aromatic rings. The Bertz CT molecular complexity index is 569. The fourth-order valence-electron chi connectivity index (χ4n) is 2.52. The first kappa shape index (κ1) is 12.2. The largest absolute Gasteiger partial charge is 0.337 e. The Labute approximate surface area is 114 Å². The number of nitrogens with zero attached hydrogens (tertiary/aromatic N) is 3. The summed E-state index contributed by atoms with van der Waals surface area (Å²) in [6, 6.07) is 10.7. The van der Waals surface area contributed by atoms with Gasteiger partial charge in [-0.15, -0.1) is 0 Å². The SMILES string of the molecule is Cn1ccnc1CN1CC=C(c2ccccc2)CC1. The summed E-state index contributed by atoms with van der Waals surface area (Å²) in [5, 5.41) is 0. The maximum Gasteiger partial charge on any atom is 0.122 e. The van der Waals surface area contributed by atoms with Crippen molar-refractivity contribution in [2.75, 3.05) is 13.1 Å². The van der Waals surface area contributed by atoms with Crippen LogP contribution in [0.15, 0.2) is 48.8 Å². The molecule has 1 aliphatic rings. The Morgan fingerprint density at radius 2 is 2.05 bits per heavy atom. The third-order valence-corrected chi connectivity index (χ3v) is 3.72. The van der Waals surface area contributed by atoms with Crippen molar-refractivity contribution in [1.82, 2.24) is 14.5 Å². The molecule has 0 N–H and O–H groups in total. The van der Waals surface area contributed by atoms with Gasteiger partial charge in [0.2, 0.25) is 0 Å². The molecule has 1 aromatic carbocycles. The van der Waals surface area contributed by atoms with E-state index in [0.29, 0.717) is 0 Å². The fraction of sp³-hybridized carbons (Fsp3) is 0.312. The van der Waals surface area contributed by atoms with Gasteiger partial charge in [0.15, 0.2) is 0 Å². The van der Waals surface area contributed by atoms with Gasteiger partial charge in [-0.05, 0) is 17.6 Å². The second-order valence-corrected chi connectivity index (χ2v) is 5.03. The summed E-state index contributed by atoms with van der Waals surface area (Å²) < 4.78 is 2.09. The Balaban J connectivity index is 1.66. The zero-order chi connectivity index (χ0) is 13.1. The predicted molar refractivity (Wildman–Crippen MR) is 77.5 cm³/mol. The predicted octanol–water partition coefficient (Wildman–Crippen LogP) is 2.71. The lowest BCUT2D eigenvalue weighted by molar-refractivity contribution is 0.283. The molecule has 0 aliphatic carbocycles. The maximum absolute atomic E-state index is 4.39. The Morgan fingerprint density at radius 3 is 2.68 bits per heavy atom. The van der Waals surface area contributed by atoms with E-state index in [1.165, 1.54) is 11.1 Å². The summed E-state index contributed by atoms with van der Waals surface area (Å²) in [6.07, 6.45) is 7.34. The maximum atomic E-state index is 4.39. The highest BCUT2D eigenvalue weighted by Gasteiger charge is 2.14. The number of hydrogen-bond acceptors (Lipinski definition) is 2. The minimum absolute atomic E-state index is 0.933. The van der Waals surface area contributed by atoms with Crippen LogP contribution in [-0.2, 0) is 13.6 Å². The van der Waals surface area contributed by atoms with Gasteiger partial charge >= 0.3 is 0 Å². The van der Waals surface area contributed by atoms with E-state index in [0.717, 1.165) is 31.9 Å². The summed E-state index contributed by atoms with van der Waals surface area (Å²) in [4.78, 5) is 6.83. The van der Waals surface area contributed by atoms with Crippen LogP contribution in [0.1, 0.15) is 17.8 Å². The average molecular weight is 253 g/mol. The Kier molecular flexibility index (Phi) is 3.47. The molecule has 3 nitrogen and oxygen atoms in total. The summed E-state index contributed by atoms with van der Waals surface area (Å²) in [6.45, 7) is 3.05. The fourth-order valence-corrected chi connectivity index (χ4v) is 2.52. The molecule has 1 aromatic heterocycles. The summed E-state index contributed by atoms with van der Waals surface area (Å²) >= 11 is 0. The van der Waals surface area contributed by atoms with E-state index in [1.54, 1.807) is 0 Å². The number of rotatable bonds is 3. The highest BCUT2D eigenvalue weighted by Crippen LogP contribution is 2.22. The number of imidazole rings is 1. The van der Waals surface area contributed by atoms with Gasteiger partial charge < -0.3 is 4.57 Å². The average Bonchev–Trinajstić information content (AvgIpc) is 2.86. The smallest absolute Gasteiger partial charge is 0.122 e. The first-order chi connectivity index (χ1) is 9.33. The Hall–Kier alpha value is -1.87. The van der Waals surface area contributed by atoms with Crippen LogP contribution in [0.3, 0.4) is 0 Å². The molecule has 2 heterocycles. The van der Waals surface area contributed by atoms with Gasteiger partial charge in [0.1, 0.15) is 5.82 Å². The topological polar surface area (TPSA) is 21.1 Å². The normalized spacial score (nSPS) is 16.4. The highest BCUT2D eigenvalue weighted by molar-refractivity contribution is 5.66. The zero-order valence-electron chi connectivity index (χ0n) is 11.3. The molecule has 0 amide bonds. The van der Waals surface area contributed by atoms with Crippen molar-refractivity contribution in [3.05, 3.63) is 60.2 Å². The van der Waals surface area contributed by atoms with Crippen LogP contribution in [0, 0.1) is 0 Å². The van der Waals surface area contributed by atoms with E-state index in [2.05, 4.69) is 57.9 Å². The molecule has 3 heteroatoms. The van der Waals surface area contributed by atoms with Crippen molar-refractivity contribution in [1.29, 1.82) is 0 Å². The molecule has 3 rings (SSSR count). The second-order valence-electron chi connectivity index (χ2n) is 5.03. The van der Waals surface area contributed by atoms with Crippen molar-refractivity contribution in [2.24, 2.45) is 7.05 Å². The third kappa shape index (κ3) is 2.76. The molecule has 0 fully saturated rings. The molecule has 0 bridgehead atoms. The van der Waals surface area contributed by atoms with E-state index >= 15 is 0 Å². The van der Waals surface area contributed by atoms with Gasteiger partial charge in [0, 0.05) is 32.5 Å². The van der Waals surface area contributed by atoms with E-state index in [-0.39, 0.29) is 0 Å². The van der Waals surface area contributed by atoms with Gasteiger partial charge in [0.05, 0.1) is 6.54 Å². The quantitative estimate of drug-likeness (QED) is 0.838. The lowest BCUT2D eigenvalue weighted by atomic mass is 10.00. The van der Waals surface area contributed by atoms with Crippen molar-refractivity contribution in [3.8, 4) is 0 Å². The van der Waals surface area contributed by atoms with Crippen LogP contribution in [0.2, 0.25) is 0 Å². The molecule has 0 atom stereocenters. The first-order valence-electron chi connectivity index (χ1n) is 6.76. The lowest BCUT2D eigenvalue weighted by Crippen LogP contribution is -2.29. The standard InChI is InChI=1S/C16H19N3/c1-18-12-9-17-16(18)13-19-10-7-15(8-11-19)14-5-3-2-4-6-14/h2-7,9,12H,8,10-11,13H2,1H3. The summed E-state index contributed by atoms with van der Waals surface area (Å²) in [5.74, 6) is 1.14. The third-order valence-electron chi connectivity index (χ3n) is 3.72. The van der Waals surface area contributed by atoms with Crippen LogP contribution in [0.4, 0.5) is 0 Å². The second kappa shape index (κ2) is 5.41. The minimum atomic E-state index is 0.933. The van der Waals surface area contributed by atoms with Crippen LogP contribution in [0.25, 0.3) is 5.57 Å². The van der Waals surface area contributed by atoms with Crippen molar-refractivity contribution in [3.63, 3.8) is 0 Å². The number of benzene rings is 1. The minimum Gasteiger partial charge on any atom is -0.337 e. The molecule has 0 saturated heterocycles. The van der Waals surface area contributed by atoms with E-state index in [1.807, 2.05) is 12.4 Å². The van der Waals surface area contributed by atoms with Crippen LogP contribution in [-0.4, -0.2) is 27.5 Å². The van der Waals surface area contributed by atoms with Crippen molar-refractivity contribution in [2.45, 2.75) is 13.0 Å². The van der Waals surface area contributed by atoms with Crippen LogP contribution < -0.4 is 0 Å². The zero-order valence-corrected chi connectivity index (χ0v) is 11.3. The molecule has 1 aliphatic heterocycles. The van der Waals surface area contributed by atoms with Gasteiger partial charge in [-0.2, -0.15) is 0 Å². The summed E-state index contributed by atoms with van der Waals surface area (Å²) in [7, 11) is 2.05. The Morgan fingerprint density at radius 1 is 1.21 bits per heavy atom. The first-order valence-corrected chi connectivity index (χ1v) is 6.76. The lowest BCUT2D eigenvalue weighted by Gasteiger charge is -2.26. The van der Waals surface area contributed by atoms with Crippen LogP contribution in [0.5, 0.6) is 0 Å². The van der Waals surface area contributed by atoms with Gasteiger partial charge in [-0.1, -0.05) is 36.4 Å². The van der Waals surface area contributed by atoms with Crippen LogP contribution >= 0.6 is 0 Å². The number of aryl methyl sites for hydroxylation is 1.